The molecule has 1 saturated carbocycles. The Kier molecular flexibility index (Phi) is 4.62. The van der Waals surface area contributed by atoms with Gasteiger partial charge in [0.25, 0.3) is 0 Å². The molecule has 1 fully saturated rings. The molecule has 0 aromatic rings. The van der Waals surface area contributed by atoms with Crippen LogP contribution in [0.1, 0.15) is 39.0 Å². The number of nitrogens with one attached hydrogen (secondary N) is 1. The van der Waals surface area contributed by atoms with Gasteiger partial charge in [0.05, 0.1) is 6.10 Å². The highest BCUT2D eigenvalue weighted by Crippen LogP contribution is 2.19. The largest absolute Gasteiger partial charge is 0.381 e. The summed E-state index contributed by atoms with van der Waals surface area (Å²) in [5, 5.41) is 3.51. The summed E-state index contributed by atoms with van der Waals surface area (Å²) in [6, 6.07) is 0.746. The van der Waals surface area contributed by atoms with Gasteiger partial charge in [0.2, 0.25) is 0 Å². The van der Waals surface area contributed by atoms with Crippen molar-refractivity contribution in [2.24, 2.45) is 0 Å². The first kappa shape index (κ1) is 10.0. The molecule has 0 amide bonds. The van der Waals surface area contributed by atoms with Crippen LogP contribution in [0.5, 0.6) is 0 Å². The zero-order valence-corrected chi connectivity index (χ0v) is 8.31. The smallest absolute Gasteiger partial charge is 0.0572 e. The molecule has 72 valence electrons. The zero-order valence-electron chi connectivity index (χ0n) is 8.31. The van der Waals surface area contributed by atoms with Gasteiger partial charge in [-0.15, -0.1) is 0 Å². The van der Waals surface area contributed by atoms with E-state index in [9.17, 15) is 0 Å². The highest BCUT2D eigenvalue weighted by Gasteiger charge is 2.17. The quantitative estimate of drug-likeness (QED) is 0.655. The lowest BCUT2D eigenvalue weighted by Crippen LogP contribution is -2.28. The Labute approximate surface area is 75.7 Å². The molecule has 0 aliphatic heterocycles. The van der Waals surface area contributed by atoms with Crippen molar-refractivity contribution >= 4 is 0 Å². The fourth-order valence-corrected chi connectivity index (χ4v) is 2.00. The Morgan fingerprint density at radius 2 is 2.08 bits per heavy atom. The lowest BCUT2D eigenvalue weighted by atomic mass is 10.1. The first-order valence-electron chi connectivity index (χ1n) is 5.13. The second kappa shape index (κ2) is 5.55. The van der Waals surface area contributed by atoms with Crippen molar-refractivity contribution in [2.75, 3.05) is 13.7 Å². The Bertz CT molecular complexity index is 116. The van der Waals surface area contributed by atoms with Crippen LogP contribution < -0.4 is 5.32 Å². The highest BCUT2D eigenvalue weighted by atomic mass is 16.5. The molecule has 0 bridgehead atoms. The molecule has 0 saturated heterocycles. The lowest BCUT2D eigenvalue weighted by Gasteiger charge is -2.14. The van der Waals surface area contributed by atoms with Gasteiger partial charge < -0.3 is 10.1 Å². The second-order valence-corrected chi connectivity index (χ2v) is 3.62. The molecule has 0 radical (unpaired) electrons. The zero-order chi connectivity index (χ0) is 8.81. The molecular formula is C10H21NO. The standard InChI is InChI=1S/C10H21NO/c1-3-11-9-5-4-6-10(12-2)8-7-9/h9-11H,3-8H2,1-2H3/t9-,10-/m1/s1. The molecule has 1 aliphatic rings. The van der Waals surface area contributed by atoms with Gasteiger partial charge in [-0.1, -0.05) is 6.92 Å². The normalized spacial score (nSPS) is 31.5. The average molecular weight is 171 g/mol. The predicted octanol–water partition coefficient (Wildman–Crippen LogP) is 1.94. The molecule has 2 heteroatoms. The molecule has 12 heavy (non-hydrogen) atoms. The summed E-state index contributed by atoms with van der Waals surface area (Å²) in [6.07, 6.45) is 6.93. The van der Waals surface area contributed by atoms with E-state index in [2.05, 4.69) is 12.2 Å². The maximum Gasteiger partial charge on any atom is 0.0572 e. The van der Waals surface area contributed by atoms with Crippen LogP contribution in [-0.4, -0.2) is 25.8 Å². The Morgan fingerprint density at radius 3 is 2.75 bits per heavy atom. The summed E-state index contributed by atoms with van der Waals surface area (Å²) in [4.78, 5) is 0. The highest BCUT2D eigenvalue weighted by molar-refractivity contribution is 4.74. The molecule has 0 heterocycles. The van der Waals surface area contributed by atoms with Gasteiger partial charge in [0.1, 0.15) is 0 Å². The van der Waals surface area contributed by atoms with E-state index in [1.807, 2.05) is 7.11 Å². The van der Waals surface area contributed by atoms with Gasteiger partial charge in [-0.2, -0.15) is 0 Å². The first-order valence-corrected chi connectivity index (χ1v) is 5.13. The van der Waals surface area contributed by atoms with Crippen LogP contribution in [0.3, 0.4) is 0 Å². The number of rotatable bonds is 3. The van der Waals surface area contributed by atoms with Crippen LogP contribution in [-0.2, 0) is 4.74 Å². The fourth-order valence-electron chi connectivity index (χ4n) is 2.00. The van der Waals surface area contributed by atoms with Gasteiger partial charge in [-0.3, -0.25) is 0 Å². The minimum atomic E-state index is 0.522. The fraction of sp³-hybridized carbons (Fsp3) is 1.00. The molecule has 0 unspecified atom stereocenters. The maximum absolute atomic E-state index is 5.37. The topological polar surface area (TPSA) is 21.3 Å². The Balaban J connectivity index is 2.24. The molecule has 1 rings (SSSR count). The molecule has 0 aromatic carbocycles. The SMILES string of the molecule is CCN[C@@H]1CCC[C@@H](OC)CC1. The summed E-state index contributed by atoms with van der Waals surface area (Å²) in [5.74, 6) is 0. The Hall–Kier alpha value is -0.0800. The molecule has 2 atom stereocenters. The molecule has 0 aromatic heterocycles. The van der Waals surface area contributed by atoms with Crippen molar-refractivity contribution in [3.63, 3.8) is 0 Å². The van der Waals surface area contributed by atoms with E-state index < -0.39 is 0 Å². The van der Waals surface area contributed by atoms with Crippen LogP contribution in [0, 0.1) is 0 Å². The minimum Gasteiger partial charge on any atom is -0.381 e. The van der Waals surface area contributed by atoms with E-state index >= 15 is 0 Å². The summed E-state index contributed by atoms with van der Waals surface area (Å²) in [7, 11) is 1.83. The average Bonchev–Trinajstić information content (AvgIpc) is 2.31. The van der Waals surface area contributed by atoms with Crippen LogP contribution >= 0.6 is 0 Å². The summed E-state index contributed by atoms with van der Waals surface area (Å²) in [6.45, 7) is 3.28. The van der Waals surface area contributed by atoms with E-state index in [1.54, 1.807) is 0 Å². The number of hydrogen-bond acceptors (Lipinski definition) is 2. The number of methoxy groups -OCH3 is 1. The van der Waals surface area contributed by atoms with Gasteiger partial charge in [-0.25, -0.2) is 0 Å². The molecular weight excluding hydrogens is 150 g/mol. The Morgan fingerprint density at radius 1 is 1.25 bits per heavy atom. The van der Waals surface area contributed by atoms with Crippen LogP contribution in [0.2, 0.25) is 0 Å². The summed E-state index contributed by atoms with van der Waals surface area (Å²) >= 11 is 0. The summed E-state index contributed by atoms with van der Waals surface area (Å²) in [5.41, 5.74) is 0. The van der Waals surface area contributed by atoms with Gasteiger partial charge in [0, 0.05) is 13.2 Å². The molecule has 2 nitrogen and oxygen atoms in total. The van der Waals surface area contributed by atoms with Crippen LogP contribution in [0.15, 0.2) is 0 Å². The minimum absolute atomic E-state index is 0.522. The van der Waals surface area contributed by atoms with Crippen LogP contribution in [0.25, 0.3) is 0 Å². The first-order chi connectivity index (χ1) is 5.86. The monoisotopic (exact) mass is 171 g/mol. The van der Waals surface area contributed by atoms with Crippen molar-refractivity contribution in [3.8, 4) is 0 Å². The van der Waals surface area contributed by atoms with Crippen molar-refractivity contribution in [3.05, 3.63) is 0 Å². The van der Waals surface area contributed by atoms with E-state index in [1.165, 1.54) is 32.1 Å². The predicted molar refractivity (Wildman–Crippen MR) is 51.3 cm³/mol. The lowest BCUT2D eigenvalue weighted by molar-refractivity contribution is 0.0895. The number of hydrogen-bond donors (Lipinski definition) is 1. The van der Waals surface area contributed by atoms with Gasteiger partial charge in [-0.05, 0) is 38.6 Å². The van der Waals surface area contributed by atoms with Crippen molar-refractivity contribution in [2.45, 2.75) is 51.2 Å². The van der Waals surface area contributed by atoms with Crippen molar-refractivity contribution in [1.29, 1.82) is 0 Å². The van der Waals surface area contributed by atoms with Crippen molar-refractivity contribution < 1.29 is 4.74 Å². The van der Waals surface area contributed by atoms with E-state index in [0.29, 0.717) is 6.10 Å². The summed E-state index contributed by atoms with van der Waals surface area (Å²) < 4.78 is 5.37. The third-order valence-corrected chi connectivity index (χ3v) is 2.74. The van der Waals surface area contributed by atoms with Crippen LogP contribution in [0.4, 0.5) is 0 Å². The molecule has 0 spiro atoms. The molecule has 1 N–H and O–H groups in total. The van der Waals surface area contributed by atoms with E-state index in [0.717, 1.165) is 12.6 Å². The van der Waals surface area contributed by atoms with E-state index in [4.69, 9.17) is 4.74 Å². The third kappa shape index (κ3) is 3.11. The second-order valence-electron chi connectivity index (χ2n) is 3.62. The number of ether oxygens (including phenoxy) is 1. The molecule has 1 aliphatic carbocycles. The van der Waals surface area contributed by atoms with Gasteiger partial charge in [0.15, 0.2) is 0 Å². The van der Waals surface area contributed by atoms with Gasteiger partial charge >= 0.3 is 0 Å². The van der Waals surface area contributed by atoms with E-state index in [-0.39, 0.29) is 0 Å². The maximum atomic E-state index is 5.37. The van der Waals surface area contributed by atoms with Crippen molar-refractivity contribution in [1.82, 2.24) is 5.32 Å². The third-order valence-electron chi connectivity index (χ3n) is 2.74.